The molecule has 7 nitrogen and oxygen atoms in total. The van der Waals surface area contributed by atoms with Crippen molar-refractivity contribution in [3.8, 4) is 6.07 Å². The third kappa shape index (κ3) is 2.38. The van der Waals surface area contributed by atoms with Crippen molar-refractivity contribution in [2.24, 2.45) is 0 Å². The molecule has 1 aliphatic heterocycles. The highest BCUT2D eigenvalue weighted by molar-refractivity contribution is 7.89. The molecule has 18 heavy (non-hydrogen) atoms. The summed E-state index contributed by atoms with van der Waals surface area (Å²) in [6, 6.07) is 2.07. The van der Waals surface area contributed by atoms with Gasteiger partial charge in [-0.1, -0.05) is 0 Å². The second-order valence-corrected chi connectivity index (χ2v) is 6.10. The molecule has 1 aromatic heterocycles. The van der Waals surface area contributed by atoms with Crippen LogP contribution in [0.5, 0.6) is 0 Å². The minimum atomic E-state index is -3.46. The van der Waals surface area contributed by atoms with E-state index in [0.717, 1.165) is 0 Å². The average Bonchev–Trinajstić information content (AvgIpc) is 2.77. The van der Waals surface area contributed by atoms with Crippen molar-refractivity contribution in [2.45, 2.75) is 11.8 Å². The third-order valence-electron chi connectivity index (χ3n) is 3.03. The fourth-order valence-electron chi connectivity index (χ4n) is 1.97. The van der Waals surface area contributed by atoms with E-state index in [1.165, 1.54) is 10.5 Å². The molecule has 0 unspecified atom stereocenters. The predicted octanol–water partition coefficient (Wildman–Crippen LogP) is -0.452. The van der Waals surface area contributed by atoms with Crippen LogP contribution < -0.4 is 0 Å². The number of hydrogen-bond acceptors (Lipinski definition) is 5. The molecule has 1 aromatic rings. The number of nitrogens with one attached hydrogen (secondary N) is 1. The van der Waals surface area contributed by atoms with Gasteiger partial charge in [0.25, 0.3) is 0 Å². The van der Waals surface area contributed by atoms with Gasteiger partial charge in [-0.2, -0.15) is 14.7 Å². The largest absolute Gasteiger partial charge is 0.288 e. The Hall–Kier alpha value is -1.43. The number of rotatable bonds is 3. The lowest BCUT2D eigenvalue weighted by molar-refractivity contribution is 0.206. The molecule has 1 fully saturated rings. The second-order valence-electron chi connectivity index (χ2n) is 4.20. The first kappa shape index (κ1) is 13.0. The van der Waals surface area contributed by atoms with Crippen LogP contribution in [0.15, 0.2) is 11.1 Å². The van der Waals surface area contributed by atoms with Crippen LogP contribution in [0.3, 0.4) is 0 Å². The molecular weight excluding hydrogens is 254 g/mol. The van der Waals surface area contributed by atoms with Gasteiger partial charge in [0, 0.05) is 26.2 Å². The van der Waals surface area contributed by atoms with Crippen molar-refractivity contribution in [3.05, 3.63) is 11.9 Å². The second kappa shape index (κ2) is 5.06. The van der Waals surface area contributed by atoms with Crippen LogP contribution in [-0.4, -0.2) is 60.5 Å². The van der Waals surface area contributed by atoms with E-state index in [2.05, 4.69) is 16.3 Å². The van der Waals surface area contributed by atoms with Crippen molar-refractivity contribution in [1.82, 2.24) is 19.4 Å². The standard InChI is InChI=1S/C10H15N5O2S/c1-9-10(8-12-13-9)18(16,17)15-6-4-14(3-2-11)5-7-15/h8H,3-7H2,1H3,(H,12,13). The maximum Gasteiger partial charge on any atom is 0.246 e. The summed E-state index contributed by atoms with van der Waals surface area (Å²) < 4.78 is 26.1. The molecule has 0 bridgehead atoms. The van der Waals surface area contributed by atoms with Gasteiger partial charge in [-0.15, -0.1) is 0 Å². The summed E-state index contributed by atoms with van der Waals surface area (Å²) in [5.74, 6) is 0. The monoisotopic (exact) mass is 269 g/mol. The molecule has 0 radical (unpaired) electrons. The molecule has 1 aliphatic rings. The van der Waals surface area contributed by atoms with E-state index in [9.17, 15) is 8.42 Å². The minimum Gasteiger partial charge on any atom is -0.288 e. The Morgan fingerprint density at radius 3 is 2.61 bits per heavy atom. The molecule has 0 spiro atoms. The fraction of sp³-hybridized carbons (Fsp3) is 0.600. The van der Waals surface area contributed by atoms with Gasteiger partial charge in [-0.05, 0) is 6.92 Å². The number of aromatic nitrogens is 2. The Bertz CT molecular complexity index is 551. The number of nitriles is 1. The molecule has 0 saturated carbocycles. The van der Waals surface area contributed by atoms with E-state index >= 15 is 0 Å². The number of nitrogens with zero attached hydrogens (tertiary/aromatic N) is 4. The zero-order valence-electron chi connectivity index (χ0n) is 10.1. The highest BCUT2D eigenvalue weighted by Crippen LogP contribution is 2.18. The molecule has 2 rings (SSSR count). The summed E-state index contributed by atoms with van der Waals surface area (Å²) in [5, 5.41) is 15.0. The normalized spacial score (nSPS) is 18.7. The Labute approximate surface area is 106 Å². The van der Waals surface area contributed by atoms with Crippen molar-refractivity contribution in [2.75, 3.05) is 32.7 Å². The van der Waals surface area contributed by atoms with Gasteiger partial charge in [-0.25, -0.2) is 8.42 Å². The maximum atomic E-state index is 12.3. The summed E-state index contributed by atoms with van der Waals surface area (Å²) in [6.07, 6.45) is 1.34. The molecule has 1 N–H and O–H groups in total. The molecule has 0 atom stereocenters. The molecule has 0 amide bonds. The van der Waals surface area contributed by atoms with Gasteiger partial charge in [0.2, 0.25) is 10.0 Å². The Kier molecular flexibility index (Phi) is 3.65. The summed E-state index contributed by atoms with van der Waals surface area (Å²) in [4.78, 5) is 2.17. The number of sulfonamides is 1. The lowest BCUT2D eigenvalue weighted by Crippen LogP contribution is -2.48. The number of piperazine rings is 1. The van der Waals surface area contributed by atoms with Gasteiger partial charge >= 0.3 is 0 Å². The smallest absolute Gasteiger partial charge is 0.246 e. The number of hydrogen-bond donors (Lipinski definition) is 1. The van der Waals surface area contributed by atoms with Gasteiger partial charge in [0.1, 0.15) is 4.90 Å². The van der Waals surface area contributed by atoms with E-state index in [-0.39, 0.29) is 4.90 Å². The highest BCUT2D eigenvalue weighted by atomic mass is 32.2. The molecule has 0 aromatic carbocycles. The van der Waals surface area contributed by atoms with Crippen LogP contribution in [0.2, 0.25) is 0 Å². The first-order chi connectivity index (χ1) is 8.55. The zero-order valence-corrected chi connectivity index (χ0v) is 10.9. The van der Waals surface area contributed by atoms with E-state index < -0.39 is 10.0 Å². The first-order valence-corrected chi connectivity index (χ1v) is 7.09. The minimum absolute atomic E-state index is 0.233. The lowest BCUT2D eigenvalue weighted by Gasteiger charge is -2.32. The van der Waals surface area contributed by atoms with E-state index in [0.29, 0.717) is 38.4 Å². The van der Waals surface area contributed by atoms with Gasteiger partial charge in [-0.3, -0.25) is 10.00 Å². The van der Waals surface area contributed by atoms with Gasteiger partial charge < -0.3 is 0 Å². The van der Waals surface area contributed by atoms with E-state index in [1.54, 1.807) is 6.92 Å². The highest BCUT2D eigenvalue weighted by Gasteiger charge is 2.30. The summed E-state index contributed by atoms with van der Waals surface area (Å²) in [5.41, 5.74) is 0.550. The van der Waals surface area contributed by atoms with E-state index in [1.807, 2.05) is 4.90 Å². The zero-order chi connectivity index (χ0) is 13.2. The molecule has 0 aliphatic carbocycles. The predicted molar refractivity (Wildman–Crippen MR) is 64.1 cm³/mol. The molecule has 8 heteroatoms. The Balaban J connectivity index is 2.10. The van der Waals surface area contributed by atoms with Crippen molar-refractivity contribution in [3.63, 3.8) is 0 Å². The van der Waals surface area contributed by atoms with Gasteiger partial charge in [0.05, 0.1) is 24.5 Å². The van der Waals surface area contributed by atoms with Crippen molar-refractivity contribution < 1.29 is 8.42 Å². The summed E-state index contributed by atoms with van der Waals surface area (Å²) >= 11 is 0. The topological polar surface area (TPSA) is 93.1 Å². The van der Waals surface area contributed by atoms with Crippen LogP contribution >= 0.6 is 0 Å². The maximum absolute atomic E-state index is 12.3. The molecule has 98 valence electrons. The first-order valence-electron chi connectivity index (χ1n) is 5.65. The van der Waals surface area contributed by atoms with E-state index in [4.69, 9.17) is 5.26 Å². The Morgan fingerprint density at radius 2 is 2.11 bits per heavy atom. The lowest BCUT2D eigenvalue weighted by atomic mass is 10.4. The number of aryl methyl sites for hydroxylation is 1. The molecular formula is C10H15N5O2S. The quantitative estimate of drug-likeness (QED) is 0.750. The Morgan fingerprint density at radius 1 is 1.44 bits per heavy atom. The fourth-order valence-corrected chi connectivity index (χ4v) is 3.51. The van der Waals surface area contributed by atoms with Crippen LogP contribution in [0.25, 0.3) is 0 Å². The SMILES string of the molecule is Cc1[nH]ncc1S(=O)(=O)N1CCN(CC#N)CC1. The molecule has 2 heterocycles. The third-order valence-corrected chi connectivity index (χ3v) is 5.04. The number of H-pyrrole nitrogens is 1. The number of aromatic amines is 1. The van der Waals surface area contributed by atoms with Gasteiger partial charge in [0.15, 0.2) is 0 Å². The van der Waals surface area contributed by atoms with Crippen LogP contribution in [0, 0.1) is 18.3 Å². The van der Waals surface area contributed by atoms with Crippen LogP contribution in [0.1, 0.15) is 5.69 Å². The van der Waals surface area contributed by atoms with Crippen LogP contribution in [0.4, 0.5) is 0 Å². The van der Waals surface area contributed by atoms with Crippen LogP contribution in [-0.2, 0) is 10.0 Å². The van der Waals surface area contributed by atoms with Crippen molar-refractivity contribution >= 4 is 10.0 Å². The van der Waals surface area contributed by atoms with Crippen molar-refractivity contribution in [1.29, 1.82) is 5.26 Å². The molecule has 1 saturated heterocycles. The average molecular weight is 269 g/mol. The summed E-state index contributed by atoms with van der Waals surface area (Å²) in [7, 11) is -3.46. The summed E-state index contributed by atoms with van der Waals surface area (Å²) in [6.45, 7) is 4.03.